The van der Waals surface area contributed by atoms with Gasteiger partial charge in [0.05, 0.1) is 11.4 Å². The Morgan fingerprint density at radius 1 is 1.06 bits per heavy atom. The zero-order valence-corrected chi connectivity index (χ0v) is 9.51. The lowest BCUT2D eigenvalue weighted by molar-refractivity contribution is 0.622. The molecule has 1 aromatic heterocycles. The van der Waals surface area contributed by atoms with Gasteiger partial charge < -0.3 is 9.88 Å². The molecular weight excluding hydrogens is 198 g/mol. The number of hydrogen-bond acceptors (Lipinski definition) is 1. The molecule has 0 aliphatic carbocycles. The fraction of sp³-hybridized carbons (Fsp3) is 0.154. The second kappa shape index (κ2) is 4.66. The second-order valence-corrected chi connectivity index (χ2v) is 3.75. The van der Waals surface area contributed by atoms with E-state index in [1.54, 1.807) is 0 Å². The third-order valence-corrected chi connectivity index (χ3v) is 2.25. The van der Waals surface area contributed by atoms with Crippen LogP contribution in [0.4, 0.5) is 5.69 Å². The zero-order chi connectivity index (χ0) is 11.4. The Bertz CT molecular complexity index is 455. The van der Waals surface area contributed by atoms with Crippen LogP contribution in [-0.4, -0.2) is 29.8 Å². The van der Waals surface area contributed by atoms with Gasteiger partial charge in [-0.25, -0.2) is 4.99 Å². The quantitative estimate of drug-likeness (QED) is 0.603. The van der Waals surface area contributed by atoms with Gasteiger partial charge in [-0.15, -0.1) is 0 Å². The first-order chi connectivity index (χ1) is 7.77. The van der Waals surface area contributed by atoms with E-state index in [2.05, 4.69) is 9.98 Å². The fourth-order valence-corrected chi connectivity index (χ4v) is 1.50. The lowest BCUT2D eigenvalue weighted by Crippen LogP contribution is -2.23. The molecule has 3 heteroatoms. The number of rotatable bonds is 2. The number of amidine groups is 1. The van der Waals surface area contributed by atoms with Crippen molar-refractivity contribution in [2.45, 2.75) is 0 Å². The molecule has 0 amide bonds. The molecule has 1 aromatic carbocycles. The van der Waals surface area contributed by atoms with Crippen LogP contribution >= 0.6 is 0 Å². The van der Waals surface area contributed by atoms with Gasteiger partial charge in [0.25, 0.3) is 0 Å². The molecule has 0 bridgehead atoms. The number of nitrogens with one attached hydrogen (secondary N) is 1. The van der Waals surface area contributed by atoms with Crippen molar-refractivity contribution in [1.82, 2.24) is 9.88 Å². The van der Waals surface area contributed by atoms with Crippen LogP contribution in [0.15, 0.2) is 53.7 Å². The predicted molar refractivity (Wildman–Crippen MR) is 67.1 cm³/mol. The summed E-state index contributed by atoms with van der Waals surface area (Å²) in [5.74, 6) is 0.927. The first kappa shape index (κ1) is 10.5. The highest BCUT2D eigenvalue weighted by Crippen LogP contribution is 2.13. The van der Waals surface area contributed by atoms with Crippen molar-refractivity contribution in [3.8, 4) is 0 Å². The molecule has 1 heterocycles. The molecule has 0 unspecified atom stereocenters. The van der Waals surface area contributed by atoms with E-state index in [1.165, 1.54) is 0 Å². The summed E-state index contributed by atoms with van der Waals surface area (Å²) < 4.78 is 0. The third kappa shape index (κ3) is 2.31. The number of aromatic nitrogens is 1. The highest BCUT2D eigenvalue weighted by atomic mass is 15.1. The lowest BCUT2D eigenvalue weighted by atomic mass is 10.3. The highest BCUT2D eigenvalue weighted by molar-refractivity contribution is 5.98. The maximum absolute atomic E-state index is 4.61. The Labute approximate surface area is 95.4 Å². The van der Waals surface area contributed by atoms with Gasteiger partial charge in [-0.05, 0) is 24.3 Å². The molecule has 82 valence electrons. The molecular formula is C13H15N3. The fourth-order valence-electron chi connectivity index (χ4n) is 1.50. The van der Waals surface area contributed by atoms with Crippen LogP contribution in [0.5, 0.6) is 0 Å². The molecule has 0 atom stereocenters. The van der Waals surface area contributed by atoms with Crippen molar-refractivity contribution in [2.75, 3.05) is 14.1 Å². The highest BCUT2D eigenvalue weighted by Gasteiger charge is 2.06. The van der Waals surface area contributed by atoms with Crippen molar-refractivity contribution < 1.29 is 0 Å². The van der Waals surface area contributed by atoms with Gasteiger partial charge in [-0.2, -0.15) is 0 Å². The average Bonchev–Trinajstić information content (AvgIpc) is 2.80. The topological polar surface area (TPSA) is 31.4 Å². The van der Waals surface area contributed by atoms with E-state index in [0.717, 1.165) is 17.2 Å². The SMILES string of the molecule is CN(C)C(=Nc1ccccc1)c1ccc[nH]1. The van der Waals surface area contributed by atoms with E-state index in [9.17, 15) is 0 Å². The van der Waals surface area contributed by atoms with Gasteiger partial charge in [-0.3, -0.25) is 0 Å². The van der Waals surface area contributed by atoms with E-state index in [1.807, 2.05) is 67.7 Å². The summed E-state index contributed by atoms with van der Waals surface area (Å²) in [7, 11) is 3.98. The minimum atomic E-state index is 0.927. The van der Waals surface area contributed by atoms with Crippen molar-refractivity contribution >= 4 is 11.5 Å². The normalized spacial score (nSPS) is 11.5. The molecule has 0 saturated heterocycles. The summed E-state index contributed by atoms with van der Waals surface area (Å²) in [6.07, 6.45) is 1.90. The Morgan fingerprint density at radius 3 is 2.38 bits per heavy atom. The molecule has 16 heavy (non-hydrogen) atoms. The Balaban J connectivity index is 2.38. The summed E-state index contributed by atoms with van der Waals surface area (Å²) in [5, 5.41) is 0. The van der Waals surface area contributed by atoms with Crippen LogP contribution in [0.1, 0.15) is 5.69 Å². The van der Waals surface area contributed by atoms with Crippen molar-refractivity contribution in [2.24, 2.45) is 4.99 Å². The van der Waals surface area contributed by atoms with E-state index < -0.39 is 0 Å². The smallest absolute Gasteiger partial charge is 0.152 e. The number of para-hydroxylation sites is 1. The monoisotopic (exact) mass is 213 g/mol. The number of aromatic amines is 1. The van der Waals surface area contributed by atoms with Crippen LogP contribution in [0, 0.1) is 0 Å². The van der Waals surface area contributed by atoms with Crippen LogP contribution < -0.4 is 0 Å². The maximum atomic E-state index is 4.61. The average molecular weight is 213 g/mol. The van der Waals surface area contributed by atoms with Crippen LogP contribution in [0.2, 0.25) is 0 Å². The summed E-state index contributed by atoms with van der Waals surface area (Å²) in [4.78, 5) is 9.78. The summed E-state index contributed by atoms with van der Waals surface area (Å²) >= 11 is 0. The van der Waals surface area contributed by atoms with Gasteiger partial charge in [0, 0.05) is 20.3 Å². The number of hydrogen-bond donors (Lipinski definition) is 1. The molecule has 3 nitrogen and oxygen atoms in total. The second-order valence-electron chi connectivity index (χ2n) is 3.75. The van der Waals surface area contributed by atoms with Crippen LogP contribution in [0.3, 0.4) is 0 Å². The van der Waals surface area contributed by atoms with E-state index in [4.69, 9.17) is 0 Å². The Kier molecular flexibility index (Phi) is 3.05. The van der Waals surface area contributed by atoms with Gasteiger partial charge >= 0.3 is 0 Å². The minimum absolute atomic E-state index is 0.927. The van der Waals surface area contributed by atoms with Gasteiger partial charge in [-0.1, -0.05) is 18.2 Å². The molecule has 0 saturated carbocycles. The molecule has 1 N–H and O–H groups in total. The summed E-state index contributed by atoms with van der Waals surface area (Å²) in [6, 6.07) is 13.9. The third-order valence-electron chi connectivity index (χ3n) is 2.25. The summed E-state index contributed by atoms with van der Waals surface area (Å²) in [5.41, 5.74) is 1.98. The van der Waals surface area contributed by atoms with Crippen molar-refractivity contribution in [3.63, 3.8) is 0 Å². The number of H-pyrrole nitrogens is 1. The first-order valence-electron chi connectivity index (χ1n) is 5.22. The standard InChI is InChI=1S/C13H15N3/c1-16(2)13(12-9-6-10-14-12)15-11-7-4-3-5-8-11/h3-10,14H,1-2H3. The molecule has 2 rings (SSSR count). The van der Waals surface area contributed by atoms with Gasteiger partial charge in [0.1, 0.15) is 0 Å². The van der Waals surface area contributed by atoms with E-state index in [0.29, 0.717) is 0 Å². The first-order valence-corrected chi connectivity index (χ1v) is 5.22. The van der Waals surface area contributed by atoms with Crippen LogP contribution in [0.25, 0.3) is 0 Å². The summed E-state index contributed by atoms with van der Waals surface area (Å²) in [6.45, 7) is 0. The van der Waals surface area contributed by atoms with Gasteiger partial charge in [0.2, 0.25) is 0 Å². The lowest BCUT2D eigenvalue weighted by Gasteiger charge is -2.14. The van der Waals surface area contributed by atoms with Crippen LogP contribution in [-0.2, 0) is 0 Å². The molecule has 0 aliphatic heterocycles. The maximum Gasteiger partial charge on any atom is 0.152 e. The number of aliphatic imine (C=N–C) groups is 1. The Hall–Kier alpha value is -2.03. The minimum Gasteiger partial charge on any atom is -0.361 e. The predicted octanol–water partition coefficient (Wildman–Crippen LogP) is 2.65. The van der Waals surface area contributed by atoms with Gasteiger partial charge in [0.15, 0.2) is 5.84 Å². The van der Waals surface area contributed by atoms with Crippen molar-refractivity contribution in [1.29, 1.82) is 0 Å². The number of nitrogens with zero attached hydrogens (tertiary/aromatic N) is 2. The zero-order valence-electron chi connectivity index (χ0n) is 9.51. The molecule has 0 spiro atoms. The molecule has 0 fully saturated rings. The van der Waals surface area contributed by atoms with Crippen molar-refractivity contribution in [3.05, 3.63) is 54.4 Å². The Morgan fingerprint density at radius 2 is 1.81 bits per heavy atom. The molecule has 2 aromatic rings. The molecule has 0 radical (unpaired) electrons. The van der Waals surface area contributed by atoms with E-state index >= 15 is 0 Å². The molecule has 0 aliphatic rings. The number of benzene rings is 1. The van der Waals surface area contributed by atoms with E-state index in [-0.39, 0.29) is 0 Å². The largest absolute Gasteiger partial charge is 0.361 e.